The molecular formula is C20H29NO3. The Morgan fingerprint density at radius 3 is 2.29 bits per heavy atom. The van der Waals surface area contributed by atoms with Gasteiger partial charge >= 0.3 is 0 Å². The molecular weight excluding hydrogens is 302 g/mol. The summed E-state index contributed by atoms with van der Waals surface area (Å²) in [6, 6.07) is 7.55. The molecule has 2 rings (SSSR count). The number of carbonyl (C=O) groups is 2. The van der Waals surface area contributed by atoms with Gasteiger partial charge in [0.25, 0.3) is 0 Å². The molecule has 1 aromatic rings. The molecule has 132 valence electrons. The van der Waals surface area contributed by atoms with Crippen molar-refractivity contribution in [1.29, 1.82) is 0 Å². The van der Waals surface area contributed by atoms with Crippen molar-refractivity contribution in [2.75, 3.05) is 13.7 Å². The molecule has 1 aliphatic rings. The summed E-state index contributed by atoms with van der Waals surface area (Å²) < 4.78 is 5.65. The average Bonchev–Trinajstić information content (AvgIpc) is 2.87. The number of nitrogens with zero attached hydrogens (tertiary/aromatic N) is 1. The number of benzene rings is 1. The molecule has 0 unspecified atom stereocenters. The van der Waals surface area contributed by atoms with Crippen LogP contribution in [-0.4, -0.2) is 36.3 Å². The van der Waals surface area contributed by atoms with Gasteiger partial charge in [-0.15, -0.1) is 0 Å². The second-order valence-electron chi connectivity index (χ2n) is 6.68. The minimum absolute atomic E-state index is 0.0497. The highest BCUT2D eigenvalue weighted by Gasteiger charge is 2.20. The standard InChI is InChI=1S/C20H29NO3/c1-16(22)17-11-13-19(14-12-17)24-15-7-10-20(23)21(2)18-8-5-3-4-6-9-18/h11-14,18H,3-10,15H2,1-2H3. The maximum atomic E-state index is 12.3. The molecule has 1 aromatic carbocycles. The van der Waals surface area contributed by atoms with Crippen molar-refractivity contribution in [3.05, 3.63) is 29.8 Å². The summed E-state index contributed by atoms with van der Waals surface area (Å²) in [7, 11) is 1.94. The monoisotopic (exact) mass is 331 g/mol. The van der Waals surface area contributed by atoms with E-state index in [4.69, 9.17) is 4.74 Å². The molecule has 0 atom stereocenters. The van der Waals surface area contributed by atoms with E-state index in [0.29, 0.717) is 31.1 Å². The van der Waals surface area contributed by atoms with Crippen molar-refractivity contribution in [1.82, 2.24) is 4.90 Å². The summed E-state index contributed by atoms with van der Waals surface area (Å²) >= 11 is 0. The first kappa shape index (κ1) is 18.5. The normalized spacial score (nSPS) is 15.6. The van der Waals surface area contributed by atoms with Crippen LogP contribution in [0.25, 0.3) is 0 Å². The molecule has 24 heavy (non-hydrogen) atoms. The largest absolute Gasteiger partial charge is 0.494 e. The minimum Gasteiger partial charge on any atom is -0.494 e. The summed E-state index contributed by atoms with van der Waals surface area (Å²) in [5, 5.41) is 0. The summed E-state index contributed by atoms with van der Waals surface area (Å²) in [5.74, 6) is 1.01. The fourth-order valence-electron chi connectivity index (χ4n) is 3.22. The molecule has 1 fully saturated rings. The van der Waals surface area contributed by atoms with E-state index in [9.17, 15) is 9.59 Å². The predicted molar refractivity (Wildman–Crippen MR) is 95.4 cm³/mol. The quantitative estimate of drug-likeness (QED) is 0.427. The molecule has 0 spiro atoms. The second kappa shape index (κ2) is 9.45. The zero-order valence-corrected chi connectivity index (χ0v) is 14.9. The summed E-state index contributed by atoms with van der Waals surface area (Å²) in [4.78, 5) is 25.5. The van der Waals surface area contributed by atoms with E-state index in [-0.39, 0.29) is 11.7 Å². The van der Waals surface area contributed by atoms with Crippen LogP contribution < -0.4 is 4.74 Å². The van der Waals surface area contributed by atoms with Crippen LogP contribution in [0.5, 0.6) is 5.75 Å². The van der Waals surface area contributed by atoms with Gasteiger partial charge < -0.3 is 9.64 Å². The van der Waals surface area contributed by atoms with Gasteiger partial charge in [0.15, 0.2) is 5.78 Å². The second-order valence-corrected chi connectivity index (χ2v) is 6.68. The first-order valence-electron chi connectivity index (χ1n) is 9.07. The smallest absolute Gasteiger partial charge is 0.222 e. The highest BCUT2D eigenvalue weighted by atomic mass is 16.5. The summed E-state index contributed by atoms with van der Waals surface area (Å²) in [6.45, 7) is 2.07. The molecule has 4 heteroatoms. The number of rotatable bonds is 7. The fraction of sp³-hybridized carbons (Fsp3) is 0.600. The number of carbonyl (C=O) groups excluding carboxylic acids is 2. The third-order valence-corrected chi connectivity index (χ3v) is 4.83. The Labute approximate surface area is 145 Å². The SMILES string of the molecule is CC(=O)c1ccc(OCCCC(=O)N(C)C2CCCCCC2)cc1. The van der Waals surface area contributed by atoms with E-state index in [1.54, 1.807) is 31.2 Å². The molecule has 0 aromatic heterocycles. The van der Waals surface area contributed by atoms with Gasteiger partial charge in [0.05, 0.1) is 6.61 Å². The van der Waals surface area contributed by atoms with Gasteiger partial charge in [-0.2, -0.15) is 0 Å². The highest BCUT2D eigenvalue weighted by molar-refractivity contribution is 5.94. The van der Waals surface area contributed by atoms with E-state index in [1.807, 2.05) is 11.9 Å². The molecule has 1 saturated carbocycles. The Balaban J connectivity index is 1.69. The van der Waals surface area contributed by atoms with E-state index in [2.05, 4.69) is 0 Å². The zero-order chi connectivity index (χ0) is 17.4. The van der Waals surface area contributed by atoms with Gasteiger partial charge in [0.1, 0.15) is 5.75 Å². The van der Waals surface area contributed by atoms with E-state index in [1.165, 1.54) is 25.7 Å². The van der Waals surface area contributed by atoms with Crippen molar-refractivity contribution < 1.29 is 14.3 Å². The Morgan fingerprint density at radius 1 is 1.08 bits per heavy atom. The van der Waals surface area contributed by atoms with E-state index in [0.717, 1.165) is 18.6 Å². The fourth-order valence-corrected chi connectivity index (χ4v) is 3.22. The highest BCUT2D eigenvalue weighted by Crippen LogP contribution is 2.21. The number of Topliss-reactive ketones (excluding diaryl/α,β-unsaturated/α-hetero) is 1. The number of amides is 1. The molecule has 0 saturated heterocycles. The summed E-state index contributed by atoms with van der Waals surface area (Å²) in [5.41, 5.74) is 0.683. The molecule has 4 nitrogen and oxygen atoms in total. The van der Waals surface area contributed by atoms with Gasteiger partial charge in [-0.05, 0) is 50.5 Å². The lowest BCUT2D eigenvalue weighted by Gasteiger charge is -2.27. The van der Waals surface area contributed by atoms with Crippen molar-refractivity contribution in [2.24, 2.45) is 0 Å². The first-order valence-corrected chi connectivity index (χ1v) is 9.07. The number of hydrogen-bond donors (Lipinski definition) is 0. The Kier molecular flexibility index (Phi) is 7.29. The molecule has 0 radical (unpaired) electrons. The minimum atomic E-state index is 0.0497. The Bertz CT molecular complexity index is 530. The van der Waals surface area contributed by atoms with Crippen LogP contribution in [-0.2, 0) is 4.79 Å². The first-order chi connectivity index (χ1) is 11.6. The lowest BCUT2D eigenvalue weighted by molar-refractivity contribution is -0.132. The maximum Gasteiger partial charge on any atom is 0.222 e. The Hall–Kier alpha value is -1.84. The molecule has 0 heterocycles. The van der Waals surface area contributed by atoms with Crippen LogP contribution in [0.15, 0.2) is 24.3 Å². The van der Waals surface area contributed by atoms with Crippen molar-refractivity contribution >= 4 is 11.7 Å². The van der Waals surface area contributed by atoms with Gasteiger partial charge in [-0.25, -0.2) is 0 Å². The van der Waals surface area contributed by atoms with Crippen LogP contribution in [0.2, 0.25) is 0 Å². The third kappa shape index (κ3) is 5.66. The molecule has 1 aliphatic carbocycles. The average molecular weight is 331 g/mol. The zero-order valence-electron chi connectivity index (χ0n) is 14.9. The Morgan fingerprint density at radius 2 is 1.71 bits per heavy atom. The lowest BCUT2D eigenvalue weighted by atomic mass is 10.1. The van der Waals surface area contributed by atoms with Crippen LogP contribution in [0.4, 0.5) is 0 Å². The van der Waals surface area contributed by atoms with Gasteiger partial charge in [0.2, 0.25) is 5.91 Å². The third-order valence-electron chi connectivity index (χ3n) is 4.83. The lowest BCUT2D eigenvalue weighted by Crippen LogP contribution is -2.36. The van der Waals surface area contributed by atoms with Crippen LogP contribution in [0.1, 0.15) is 68.6 Å². The number of hydrogen-bond acceptors (Lipinski definition) is 3. The molecule has 0 aliphatic heterocycles. The van der Waals surface area contributed by atoms with Crippen molar-refractivity contribution in [2.45, 2.75) is 64.3 Å². The van der Waals surface area contributed by atoms with Gasteiger partial charge in [-0.1, -0.05) is 25.7 Å². The van der Waals surface area contributed by atoms with Crippen molar-refractivity contribution in [3.8, 4) is 5.75 Å². The van der Waals surface area contributed by atoms with E-state index >= 15 is 0 Å². The van der Waals surface area contributed by atoms with Crippen LogP contribution in [0.3, 0.4) is 0 Å². The topological polar surface area (TPSA) is 46.6 Å². The van der Waals surface area contributed by atoms with Crippen LogP contribution >= 0.6 is 0 Å². The molecule has 0 N–H and O–H groups in total. The molecule has 0 bridgehead atoms. The number of ketones is 1. The predicted octanol–water partition coefficient (Wildman–Crippen LogP) is 4.23. The number of ether oxygens (including phenoxy) is 1. The molecule has 1 amide bonds. The van der Waals surface area contributed by atoms with Gasteiger partial charge in [-0.3, -0.25) is 9.59 Å². The van der Waals surface area contributed by atoms with Crippen LogP contribution in [0, 0.1) is 0 Å². The van der Waals surface area contributed by atoms with E-state index < -0.39 is 0 Å². The summed E-state index contributed by atoms with van der Waals surface area (Å²) in [6.07, 6.45) is 8.60. The van der Waals surface area contributed by atoms with Gasteiger partial charge in [0, 0.05) is 25.1 Å². The maximum absolute atomic E-state index is 12.3. The van der Waals surface area contributed by atoms with Crippen molar-refractivity contribution in [3.63, 3.8) is 0 Å².